The zero-order valence-corrected chi connectivity index (χ0v) is 18.0. The predicted molar refractivity (Wildman–Crippen MR) is 126 cm³/mol. The molecule has 0 aliphatic heterocycles. The molecule has 0 unspecified atom stereocenters. The van der Waals surface area contributed by atoms with E-state index in [2.05, 4.69) is 10.3 Å². The highest BCUT2D eigenvalue weighted by atomic mass is 32.2. The molecule has 0 saturated carbocycles. The Morgan fingerprint density at radius 1 is 0.935 bits per heavy atom. The van der Waals surface area contributed by atoms with Crippen molar-refractivity contribution < 1.29 is 9.53 Å². The molecule has 0 bridgehead atoms. The Morgan fingerprint density at radius 3 is 2.23 bits per heavy atom. The van der Waals surface area contributed by atoms with Crippen LogP contribution in [0.1, 0.15) is 6.92 Å². The van der Waals surface area contributed by atoms with Crippen LogP contribution in [-0.2, 0) is 4.79 Å². The normalized spacial score (nSPS) is 10.6. The van der Waals surface area contributed by atoms with E-state index in [1.165, 1.54) is 11.8 Å². The van der Waals surface area contributed by atoms with E-state index in [-0.39, 0.29) is 11.7 Å². The highest BCUT2D eigenvalue weighted by Crippen LogP contribution is 2.32. The van der Waals surface area contributed by atoms with E-state index in [1.807, 2.05) is 91.9 Å². The topological polar surface area (TPSA) is 67.0 Å². The minimum absolute atomic E-state index is 0.0897. The average Bonchev–Trinajstić information content (AvgIpc) is 3.25. The first-order valence-corrected chi connectivity index (χ1v) is 11.1. The maximum absolute atomic E-state index is 12.4. The van der Waals surface area contributed by atoms with Gasteiger partial charge >= 0.3 is 0 Å². The van der Waals surface area contributed by atoms with Crippen molar-refractivity contribution in [2.45, 2.75) is 12.1 Å². The molecule has 2 N–H and O–H groups in total. The number of thioether (sulfide) groups is 1. The van der Waals surface area contributed by atoms with E-state index in [1.54, 1.807) is 0 Å². The van der Waals surface area contributed by atoms with Crippen molar-refractivity contribution in [1.29, 1.82) is 0 Å². The van der Waals surface area contributed by atoms with E-state index in [0.29, 0.717) is 11.8 Å². The molecular weight excluding hydrogens is 406 g/mol. The first-order valence-electron chi connectivity index (χ1n) is 10.1. The van der Waals surface area contributed by atoms with Crippen LogP contribution < -0.4 is 10.1 Å². The highest BCUT2D eigenvalue weighted by molar-refractivity contribution is 7.99. The first kappa shape index (κ1) is 20.8. The summed E-state index contributed by atoms with van der Waals surface area (Å²) in [5.74, 6) is 0.948. The molecule has 4 aromatic rings. The number of nitrogens with one attached hydrogen (secondary N) is 2. The molecule has 0 atom stereocenters. The number of carbonyl (C=O) groups is 1. The van der Waals surface area contributed by atoms with Crippen LogP contribution in [0.5, 0.6) is 5.75 Å². The Balaban J connectivity index is 1.47. The van der Waals surface area contributed by atoms with E-state index >= 15 is 0 Å². The van der Waals surface area contributed by atoms with Crippen LogP contribution in [0, 0.1) is 0 Å². The summed E-state index contributed by atoms with van der Waals surface area (Å²) in [5.41, 5.74) is 4.65. The lowest BCUT2D eigenvalue weighted by molar-refractivity contribution is -0.113. The molecule has 31 heavy (non-hydrogen) atoms. The minimum atomic E-state index is -0.0897. The van der Waals surface area contributed by atoms with Gasteiger partial charge in [0.1, 0.15) is 5.75 Å². The smallest absolute Gasteiger partial charge is 0.234 e. The fourth-order valence-electron chi connectivity index (χ4n) is 3.17. The van der Waals surface area contributed by atoms with Gasteiger partial charge in [0, 0.05) is 16.8 Å². The molecule has 1 amide bonds. The van der Waals surface area contributed by atoms with Gasteiger partial charge in [-0.15, -0.1) is 0 Å². The van der Waals surface area contributed by atoms with Crippen LogP contribution in [0.15, 0.2) is 90.1 Å². The van der Waals surface area contributed by atoms with Crippen LogP contribution in [0.25, 0.3) is 22.5 Å². The molecule has 5 nitrogen and oxygen atoms in total. The van der Waals surface area contributed by atoms with Gasteiger partial charge in [0.2, 0.25) is 5.91 Å². The number of carbonyl (C=O) groups excluding carboxylic acids is 1. The third-order valence-corrected chi connectivity index (χ3v) is 5.45. The van der Waals surface area contributed by atoms with Crippen LogP contribution >= 0.6 is 11.8 Å². The number of ether oxygens (including phenoxy) is 1. The molecule has 0 aliphatic rings. The van der Waals surface area contributed by atoms with Crippen molar-refractivity contribution in [3.05, 3.63) is 84.9 Å². The number of benzene rings is 3. The Kier molecular flexibility index (Phi) is 6.69. The molecule has 6 heteroatoms. The Morgan fingerprint density at radius 2 is 1.58 bits per heavy atom. The van der Waals surface area contributed by atoms with Gasteiger partial charge in [-0.2, -0.15) is 0 Å². The quantitative estimate of drug-likeness (QED) is 0.344. The zero-order chi connectivity index (χ0) is 21.5. The Labute approximate surface area is 185 Å². The molecule has 156 valence electrons. The molecule has 1 heterocycles. The predicted octanol–water partition coefficient (Wildman–Crippen LogP) is 5.87. The molecular formula is C25H23N3O2S. The second kappa shape index (κ2) is 10.00. The number of rotatable bonds is 8. The summed E-state index contributed by atoms with van der Waals surface area (Å²) in [6.45, 7) is 2.55. The number of aromatic nitrogens is 2. The van der Waals surface area contributed by atoms with Crippen molar-refractivity contribution >= 4 is 23.4 Å². The second-order valence-electron chi connectivity index (χ2n) is 6.79. The first-order chi connectivity index (χ1) is 15.2. The monoisotopic (exact) mass is 429 g/mol. The molecule has 0 radical (unpaired) electrons. The Hall–Kier alpha value is -3.51. The van der Waals surface area contributed by atoms with Crippen molar-refractivity contribution in [2.75, 3.05) is 17.7 Å². The van der Waals surface area contributed by atoms with E-state index < -0.39 is 0 Å². The third-order valence-electron chi connectivity index (χ3n) is 4.58. The van der Waals surface area contributed by atoms with Crippen molar-refractivity contribution in [2.24, 2.45) is 0 Å². The van der Waals surface area contributed by atoms with Crippen LogP contribution in [0.2, 0.25) is 0 Å². The lowest BCUT2D eigenvalue weighted by Gasteiger charge is -2.06. The van der Waals surface area contributed by atoms with Gasteiger partial charge in [0.25, 0.3) is 0 Å². The van der Waals surface area contributed by atoms with Crippen molar-refractivity contribution in [3.8, 4) is 28.3 Å². The van der Waals surface area contributed by atoms with E-state index in [4.69, 9.17) is 9.72 Å². The summed E-state index contributed by atoms with van der Waals surface area (Å²) < 4.78 is 5.43. The second-order valence-corrected chi connectivity index (χ2v) is 7.76. The summed E-state index contributed by atoms with van der Waals surface area (Å²) in [7, 11) is 0. The van der Waals surface area contributed by atoms with Gasteiger partial charge in [0.15, 0.2) is 5.16 Å². The number of amides is 1. The summed E-state index contributed by atoms with van der Waals surface area (Å²) in [6.07, 6.45) is 0. The van der Waals surface area contributed by atoms with Crippen LogP contribution in [0.3, 0.4) is 0 Å². The summed E-state index contributed by atoms with van der Waals surface area (Å²) in [6, 6.07) is 27.5. The molecule has 3 aromatic carbocycles. The van der Waals surface area contributed by atoms with Gasteiger partial charge in [-0.3, -0.25) is 4.79 Å². The molecule has 0 saturated heterocycles. The average molecular weight is 430 g/mol. The summed E-state index contributed by atoms with van der Waals surface area (Å²) >= 11 is 1.38. The fourth-order valence-corrected chi connectivity index (χ4v) is 3.84. The summed E-state index contributed by atoms with van der Waals surface area (Å²) in [5, 5.41) is 3.62. The fraction of sp³-hybridized carbons (Fsp3) is 0.120. The molecule has 1 aromatic heterocycles. The number of aromatic amines is 1. The number of imidazole rings is 1. The van der Waals surface area contributed by atoms with Crippen LogP contribution in [-0.4, -0.2) is 28.2 Å². The molecule has 0 aliphatic carbocycles. The van der Waals surface area contributed by atoms with Gasteiger partial charge < -0.3 is 15.0 Å². The van der Waals surface area contributed by atoms with Gasteiger partial charge in [-0.1, -0.05) is 72.4 Å². The van der Waals surface area contributed by atoms with Crippen molar-refractivity contribution in [3.63, 3.8) is 0 Å². The van der Waals surface area contributed by atoms with Gasteiger partial charge in [0.05, 0.1) is 23.7 Å². The SMILES string of the molecule is CCOc1ccc(NC(=O)CSc2nc(-c3ccccc3)c(-c3ccccc3)[nH]2)cc1. The van der Waals surface area contributed by atoms with Gasteiger partial charge in [-0.25, -0.2) is 4.98 Å². The number of hydrogen-bond acceptors (Lipinski definition) is 4. The van der Waals surface area contributed by atoms with Crippen LogP contribution in [0.4, 0.5) is 5.69 Å². The third kappa shape index (κ3) is 5.35. The Bertz CT molecular complexity index is 1070. The maximum atomic E-state index is 12.4. The largest absolute Gasteiger partial charge is 0.494 e. The van der Waals surface area contributed by atoms with E-state index in [9.17, 15) is 4.79 Å². The molecule has 4 rings (SSSR count). The standard InChI is InChI=1S/C25H23N3O2S/c1-2-30-21-15-13-20(14-16-21)26-22(29)17-31-25-27-23(18-9-5-3-6-10-18)24(28-25)19-11-7-4-8-12-19/h3-16H,2,17H2,1H3,(H,26,29)(H,27,28). The van der Waals surface area contributed by atoms with Gasteiger partial charge in [-0.05, 0) is 31.2 Å². The molecule has 0 fully saturated rings. The maximum Gasteiger partial charge on any atom is 0.234 e. The minimum Gasteiger partial charge on any atom is -0.494 e. The number of nitrogens with zero attached hydrogens (tertiary/aromatic N) is 1. The number of H-pyrrole nitrogens is 1. The summed E-state index contributed by atoms with van der Waals surface area (Å²) in [4.78, 5) is 20.6. The molecule has 0 spiro atoms. The highest BCUT2D eigenvalue weighted by Gasteiger charge is 2.15. The van der Waals surface area contributed by atoms with E-state index in [0.717, 1.165) is 34.0 Å². The number of anilines is 1. The lowest BCUT2D eigenvalue weighted by Crippen LogP contribution is -2.14. The zero-order valence-electron chi connectivity index (χ0n) is 17.2. The number of hydrogen-bond donors (Lipinski definition) is 2. The lowest BCUT2D eigenvalue weighted by atomic mass is 10.1. The van der Waals surface area contributed by atoms with Crippen molar-refractivity contribution in [1.82, 2.24) is 9.97 Å².